The van der Waals surface area contributed by atoms with Gasteiger partial charge in [-0.2, -0.15) is 0 Å². The van der Waals surface area contributed by atoms with Gasteiger partial charge in [0.15, 0.2) is 9.84 Å². The molecule has 0 fully saturated rings. The van der Waals surface area contributed by atoms with E-state index < -0.39 is 9.84 Å². The van der Waals surface area contributed by atoms with Gasteiger partial charge in [-0.25, -0.2) is 8.42 Å². The van der Waals surface area contributed by atoms with Crippen LogP contribution < -0.4 is 5.32 Å². The lowest BCUT2D eigenvalue weighted by atomic mass is 10.0. The van der Waals surface area contributed by atoms with Crippen LogP contribution >= 0.6 is 0 Å². The van der Waals surface area contributed by atoms with Crippen LogP contribution in [0, 0.1) is 0 Å². The summed E-state index contributed by atoms with van der Waals surface area (Å²) in [5, 5.41) is 3.43. The third-order valence-electron chi connectivity index (χ3n) is 3.77. The topological polar surface area (TPSA) is 46.2 Å². The number of hydrogen-bond donors (Lipinski definition) is 1. The maximum atomic E-state index is 12.1. The molecule has 3 rings (SSSR count). The summed E-state index contributed by atoms with van der Waals surface area (Å²) in [6.45, 7) is 2.06. The third kappa shape index (κ3) is 2.37. The van der Waals surface area contributed by atoms with Gasteiger partial charge >= 0.3 is 0 Å². The lowest BCUT2D eigenvalue weighted by Gasteiger charge is -2.19. The SMILES string of the molecule is CC(NC1CS(=O)(=O)c2ccccc21)c1ccccc1. The van der Waals surface area contributed by atoms with Gasteiger partial charge in [0.05, 0.1) is 10.6 Å². The molecule has 2 aromatic carbocycles. The molecule has 1 aliphatic heterocycles. The van der Waals surface area contributed by atoms with Crippen LogP contribution in [0.4, 0.5) is 0 Å². The summed E-state index contributed by atoms with van der Waals surface area (Å²) in [5.74, 6) is 0.142. The van der Waals surface area contributed by atoms with Gasteiger partial charge in [-0.1, -0.05) is 48.5 Å². The van der Waals surface area contributed by atoms with E-state index in [0.29, 0.717) is 4.90 Å². The molecular formula is C16H17NO2S. The molecule has 0 saturated carbocycles. The van der Waals surface area contributed by atoms with Crippen molar-refractivity contribution in [3.05, 3.63) is 65.7 Å². The molecule has 0 bridgehead atoms. The van der Waals surface area contributed by atoms with Gasteiger partial charge in [0.2, 0.25) is 0 Å². The van der Waals surface area contributed by atoms with E-state index in [-0.39, 0.29) is 17.8 Å². The Morgan fingerprint density at radius 3 is 2.45 bits per heavy atom. The standard InChI is InChI=1S/C16H17NO2S/c1-12(13-7-3-2-4-8-13)17-15-11-20(18,19)16-10-6-5-9-14(15)16/h2-10,12,15,17H,11H2,1H3. The number of sulfone groups is 1. The Hall–Kier alpha value is -1.65. The highest BCUT2D eigenvalue weighted by atomic mass is 32.2. The molecule has 1 N–H and O–H groups in total. The van der Waals surface area contributed by atoms with E-state index in [1.807, 2.05) is 42.5 Å². The van der Waals surface area contributed by atoms with Crippen molar-refractivity contribution in [1.29, 1.82) is 0 Å². The van der Waals surface area contributed by atoms with Gasteiger partial charge in [0, 0.05) is 12.1 Å². The van der Waals surface area contributed by atoms with Crippen LogP contribution in [0.3, 0.4) is 0 Å². The Morgan fingerprint density at radius 2 is 1.70 bits per heavy atom. The lowest BCUT2D eigenvalue weighted by Crippen LogP contribution is -2.25. The first-order valence-corrected chi connectivity index (χ1v) is 8.36. The predicted molar refractivity (Wildman–Crippen MR) is 79.2 cm³/mol. The summed E-state index contributed by atoms with van der Waals surface area (Å²) in [6.07, 6.45) is 0. The van der Waals surface area contributed by atoms with Crippen LogP contribution in [0.25, 0.3) is 0 Å². The number of benzene rings is 2. The normalized spacial score (nSPS) is 21.4. The number of nitrogens with one attached hydrogen (secondary N) is 1. The lowest BCUT2D eigenvalue weighted by molar-refractivity contribution is 0.497. The van der Waals surface area contributed by atoms with E-state index in [1.165, 1.54) is 0 Å². The molecule has 0 radical (unpaired) electrons. The fraction of sp³-hybridized carbons (Fsp3) is 0.250. The van der Waals surface area contributed by atoms with E-state index in [0.717, 1.165) is 11.1 Å². The van der Waals surface area contributed by atoms with E-state index in [9.17, 15) is 8.42 Å². The molecule has 2 atom stereocenters. The second-order valence-electron chi connectivity index (χ2n) is 5.17. The largest absolute Gasteiger partial charge is 0.302 e. The molecule has 1 heterocycles. The minimum atomic E-state index is -3.15. The summed E-state index contributed by atoms with van der Waals surface area (Å²) in [5.41, 5.74) is 2.05. The van der Waals surface area contributed by atoms with Crippen molar-refractivity contribution in [3.63, 3.8) is 0 Å². The number of fused-ring (bicyclic) bond motifs is 1. The van der Waals surface area contributed by atoms with Crippen LogP contribution in [0.1, 0.15) is 30.1 Å². The van der Waals surface area contributed by atoms with Crippen LogP contribution in [0.5, 0.6) is 0 Å². The summed E-state index contributed by atoms with van der Waals surface area (Å²) in [4.78, 5) is 0.470. The van der Waals surface area contributed by atoms with Crippen molar-refractivity contribution in [3.8, 4) is 0 Å². The predicted octanol–water partition coefficient (Wildman–Crippen LogP) is 2.87. The quantitative estimate of drug-likeness (QED) is 0.944. The van der Waals surface area contributed by atoms with Crippen molar-refractivity contribution >= 4 is 9.84 Å². The van der Waals surface area contributed by atoms with Gasteiger partial charge < -0.3 is 5.32 Å². The van der Waals surface area contributed by atoms with E-state index in [2.05, 4.69) is 12.2 Å². The monoisotopic (exact) mass is 287 g/mol. The fourth-order valence-electron chi connectivity index (χ4n) is 2.73. The summed E-state index contributed by atoms with van der Waals surface area (Å²) < 4.78 is 24.3. The summed E-state index contributed by atoms with van der Waals surface area (Å²) in [7, 11) is -3.15. The second-order valence-corrected chi connectivity index (χ2v) is 7.17. The van der Waals surface area contributed by atoms with Crippen LogP contribution in [-0.2, 0) is 9.84 Å². The van der Waals surface area contributed by atoms with E-state index in [4.69, 9.17) is 0 Å². The molecule has 0 saturated heterocycles. The fourth-order valence-corrected chi connectivity index (χ4v) is 4.48. The van der Waals surface area contributed by atoms with Crippen molar-refractivity contribution in [2.24, 2.45) is 0 Å². The summed E-state index contributed by atoms with van der Waals surface area (Å²) >= 11 is 0. The van der Waals surface area contributed by atoms with Gasteiger partial charge in [-0.3, -0.25) is 0 Å². The zero-order valence-electron chi connectivity index (χ0n) is 11.3. The van der Waals surface area contributed by atoms with Gasteiger partial charge in [-0.15, -0.1) is 0 Å². The van der Waals surface area contributed by atoms with E-state index >= 15 is 0 Å². The van der Waals surface area contributed by atoms with Gasteiger partial charge in [0.1, 0.15) is 0 Å². The molecule has 4 heteroatoms. The summed E-state index contributed by atoms with van der Waals surface area (Å²) in [6, 6.07) is 17.3. The molecule has 0 aliphatic carbocycles. The minimum Gasteiger partial charge on any atom is -0.302 e. The first-order chi connectivity index (χ1) is 9.58. The second kappa shape index (κ2) is 5.04. The average Bonchev–Trinajstić information content (AvgIpc) is 2.72. The highest BCUT2D eigenvalue weighted by Gasteiger charge is 2.34. The van der Waals surface area contributed by atoms with Crippen LogP contribution in [0.2, 0.25) is 0 Å². The molecule has 2 aromatic rings. The molecule has 0 spiro atoms. The van der Waals surface area contributed by atoms with Gasteiger partial charge in [0.25, 0.3) is 0 Å². The highest BCUT2D eigenvalue weighted by Crippen LogP contribution is 2.34. The molecular weight excluding hydrogens is 270 g/mol. The Bertz CT molecular complexity index is 710. The first kappa shape index (κ1) is 13.3. The van der Waals surface area contributed by atoms with Gasteiger partial charge in [-0.05, 0) is 24.1 Å². The number of hydrogen-bond acceptors (Lipinski definition) is 3. The molecule has 2 unspecified atom stereocenters. The Kier molecular flexibility index (Phi) is 3.36. The Morgan fingerprint density at radius 1 is 1.05 bits per heavy atom. The van der Waals surface area contributed by atoms with Crippen molar-refractivity contribution in [2.75, 3.05) is 5.75 Å². The van der Waals surface area contributed by atoms with Crippen LogP contribution in [0.15, 0.2) is 59.5 Å². The van der Waals surface area contributed by atoms with Crippen molar-refractivity contribution in [2.45, 2.75) is 23.9 Å². The molecule has 1 aliphatic rings. The molecule has 20 heavy (non-hydrogen) atoms. The molecule has 3 nitrogen and oxygen atoms in total. The van der Waals surface area contributed by atoms with Crippen molar-refractivity contribution < 1.29 is 8.42 Å². The molecule has 0 aromatic heterocycles. The first-order valence-electron chi connectivity index (χ1n) is 6.70. The Labute approximate surface area is 119 Å². The minimum absolute atomic E-state index is 0.113. The Balaban J connectivity index is 1.87. The molecule has 0 amide bonds. The number of rotatable bonds is 3. The zero-order valence-corrected chi connectivity index (χ0v) is 12.1. The smallest absolute Gasteiger partial charge is 0.180 e. The highest BCUT2D eigenvalue weighted by molar-refractivity contribution is 7.91. The maximum Gasteiger partial charge on any atom is 0.180 e. The maximum absolute atomic E-state index is 12.1. The van der Waals surface area contributed by atoms with Crippen molar-refractivity contribution in [1.82, 2.24) is 5.32 Å². The average molecular weight is 287 g/mol. The van der Waals surface area contributed by atoms with Crippen LogP contribution in [-0.4, -0.2) is 14.2 Å². The third-order valence-corrected chi connectivity index (χ3v) is 5.58. The van der Waals surface area contributed by atoms with E-state index in [1.54, 1.807) is 12.1 Å². The molecule has 104 valence electrons. The zero-order chi connectivity index (χ0) is 14.2.